The number of aromatic nitrogens is 2. The minimum atomic E-state index is 0.778. The molecule has 0 bridgehead atoms. The first-order chi connectivity index (χ1) is 9.29. The maximum Gasteiger partial charge on any atom is 0.202 e. The number of nitrogens with zero attached hydrogens (tertiary/aromatic N) is 3. The molecule has 2 heterocycles. The van der Waals surface area contributed by atoms with E-state index in [1.165, 1.54) is 25.9 Å². The highest BCUT2D eigenvalue weighted by molar-refractivity contribution is 5.25. The summed E-state index contributed by atoms with van der Waals surface area (Å²) < 4.78 is 7.26. The van der Waals surface area contributed by atoms with E-state index in [9.17, 15) is 0 Å². The molecule has 5 nitrogen and oxygen atoms in total. The topological polar surface area (TPSA) is 42.3 Å². The lowest BCUT2D eigenvalue weighted by atomic mass is 9.97. The van der Waals surface area contributed by atoms with Crippen molar-refractivity contribution in [3.63, 3.8) is 0 Å². The summed E-state index contributed by atoms with van der Waals surface area (Å²) in [5.74, 6) is 1.77. The molecule has 1 aliphatic heterocycles. The van der Waals surface area contributed by atoms with Crippen LogP contribution in [0, 0.1) is 5.92 Å². The number of methoxy groups -OCH3 is 1. The van der Waals surface area contributed by atoms with Crippen LogP contribution in [0.25, 0.3) is 0 Å². The van der Waals surface area contributed by atoms with Crippen LogP contribution in [0.3, 0.4) is 0 Å². The van der Waals surface area contributed by atoms with Gasteiger partial charge in [-0.15, -0.1) is 0 Å². The molecule has 0 unspecified atom stereocenters. The molecule has 0 aliphatic carbocycles. The Morgan fingerprint density at radius 2 is 2.21 bits per heavy atom. The Bertz CT molecular complexity index is 358. The quantitative estimate of drug-likeness (QED) is 0.762. The van der Waals surface area contributed by atoms with Crippen LogP contribution in [-0.4, -0.2) is 54.8 Å². The molecule has 1 aliphatic rings. The molecular formula is C14H26N4O. The predicted octanol–water partition coefficient (Wildman–Crippen LogP) is 1.67. The Morgan fingerprint density at radius 3 is 2.95 bits per heavy atom. The van der Waals surface area contributed by atoms with Gasteiger partial charge in [0.2, 0.25) is 5.95 Å². The van der Waals surface area contributed by atoms with Crippen LogP contribution in [0.2, 0.25) is 0 Å². The minimum Gasteiger partial charge on any atom is -0.385 e. The fraction of sp³-hybridized carbons (Fsp3) is 0.786. The molecule has 0 aromatic carbocycles. The van der Waals surface area contributed by atoms with Crippen LogP contribution in [0.5, 0.6) is 0 Å². The van der Waals surface area contributed by atoms with Crippen LogP contribution in [0.1, 0.15) is 19.3 Å². The van der Waals surface area contributed by atoms with Crippen molar-refractivity contribution in [3.05, 3.63) is 12.4 Å². The van der Waals surface area contributed by atoms with Gasteiger partial charge >= 0.3 is 0 Å². The number of hydrogen-bond donors (Lipinski definition) is 1. The van der Waals surface area contributed by atoms with E-state index in [4.69, 9.17) is 4.74 Å². The van der Waals surface area contributed by atoms with Gasteiger partial charge in [0.1, 0.15) is 0 Å². The van der Waals surface area contributed by atoms with Crippen LogP contribution in [0.4, 0.5) is 5.95 Å². The number of rotatable bonds is 7. The summed E-state index contributed by atoms with van der Waals surface area (Å²) >= 11 is 0. The number of piperidine rings is 1. The Kier molecular flexibility index (Phi) is 5.66. The average molecular weight is 266 g/mol. The summed E-state index contributed by atoms with van der Waals surface area (Å²) in [5, 5.41) is 3.50. The summed E-state index contributed by atoms with van der Waals surface area (Å²) in [5.41, 5.74) is 0. The van der Waals surface area contributed by atoms with E-state index in [1.54, 1.807) is 7.11 Å². The van der Waals surface area contributed by atoms with Gasteiger partial charge in [-0.3, -0.25) is 0 Å². The zero-order chi connectivity index (χ0) is 13.5. The number of ether oxygens (including phenoxy) is 1. The first kappa shape index (κ1) is 14.3. The highest BCUT2D eigenvalue weighted by atomic mass is 16.5. The first-order valence-corrected chi connectivity index (χ1v) is 7.22. The Balaban J connectivity index is 1.74. The first-order valence-electron chi connectivity index (χ1n) is 7.22. The monoisotopic (exact) mass is 266 g/mol. The van der Waals surface area contributed by atoms with Gasteiger partial charge in [0.05, 0.1) is 0 Å². The smallest absolute Gasteiger partial charge is 0.202 e. The van der Waals surface area contributed by atoms with E-state index < -0.39 is 0 Å². The molecule has 0 saturated carbocycles. The van der Waals surface area contributed by atoms with Gasteiger partial charge in [0, 0.05) is 39.2 Å². The Hall–Kier alpha value is -1.07. The maximum atomic E-state index is 5.09. The zero-order valence-electron chi connectivity index (χ0n) is 12.1. The molecule has 1 aromatic rings. The van der Waals surface area contributed by atoms with E-state index in [1.807, 2.05) is 12.4 Å². The van der Waals surface area contributed by atoms with Crippen molar-refractivity contribution < 1.29 is 4.74 Å². The van der Waals surface area contributed by atoms with Crippen molar-refractivity contribution in [2.75, 3.05) is 45.7 Å². The SMILES string of the molecule is COCCCn1ccnc1NCC1CCN(C)CC1. The molecule has 1 saturated heterocycles. The van der Waals surface area contributed by atoms with E-state index in [2.05, 4.69) is 26.8 Å². The van der Waals surface area contributed by atoms with Gasteiger partial charge in [-0.2, -0.15) is 0 Å². The Morgan fingerprint density at radius 1 is 1.42 bits per heavy atom. The number of hydrogen-bond acceptors (Lipinski definition) is 4. The largest absolute Gasteiger partial charge is 0.385 e. The van der Waals surface area contributed by atoms with Gasteiger partial charge in [0.25, 0.3) is 0 Å². The van der Waals surface area contributed by atoms with E-state index in [-0.39, 0.29) is 0 Å². The molecule has 5 heteroatoms. The van der Waals surface area contributed by atoms with Gasteiger partial charge in [-0.25, -0.2) is 4.98 Å². The van der Waals surface area contributed by atoms with E-state index in [0.717, 1.165) is 38.0 Å². The summed E-state index contributed by atoms with van der Waals surface area (Å²) in [7, 11) is 3.94. The highest BCUT2D eigenvalue weighted by Gasteiger charge is 2.16. The minimum absolute atomic E-state index is 0.778. The molecule has 1 aromatic heterocycles. The number of likely N-dealkylation sites (tertiary alicyclic amines) is 1. The van der Waals surface area contributed by atoms with Crippen molar-refractivity contribution in [3.8, 4) is 0 Å². The van der Waals surface area contributed by atoms with E-state index >= 15 is 0 Å². The van der Waals surface area contributed by atoms with Gasteiger partial charge in [-0.1, -0.05) is 0 Å². The third kappa shape index (κ3) is 4.51. The second-order valence-electron chi connectivity index (χ2n) is 5.42. The lowest BCUT2D eigenvalue weighted by Gasteiger charge is -2.29. The third-order valence-corrected chi connectivity index (χ3v) is 3.85. The molecule has 2 rings (SSSR count). The van der Waals surface area contributed by atoms with Crippen molar-refractivity contribution >= 4 is 5.95 Å². The molecule has 0 atom stereocenters. The molecular weight excluding hydrogens is 240 g/mol. The molecule has 19 heavy (non-hydrogen) atoms. The second kappa shape index (κ2) is 7.50. The third-order valence-electron chi connectivity index (χ3n) is 3.85. The van der Waals surface area contributed by atoms with Crippen molar-refractivity contribution in [2.24, 2.45) is 5.92 Å². The van der Waals surface area contributed by atoms with Gasteiger partial charge < -0.3 is 19.5 Å². The van der Waals surface area contributed by atoms with Crippen molar-refractivity contribution in [1.29, 1.82) is 0 Å². The number of anilines is 1. The summed E-state index contributed by atoms with van der Waals surface area (Å²) in [6.45, 7) is 5.23. The molecule has 1 fully saturated rings. The summed E-state index contributed by atoms with van der Waals surface area (Å²) in [4.78, 5) is 6.80. The summed E-state index contributed by atoms with van der Waals surface area (Å²) in [6.07, 6.45) is 7.49. The van der Waals surface area contributed by atoms with Crippen LogP contribution in [-0.2, 0) is 11.3 Å². The van der Waals surface area contributed by atoms with Gasteiger partial charge in [0.15, 0.2) is 0 Å². The van der Waals surface area contributed by atoms with Crippen LogP contribution in [0.15, 0.2) is 12.4 Å². The molecule has 0 amide bonds. The second-order valence-corrected chi connectivity index (χ2v) is 5.42. The Labute approximate surface area is 116 Å². The average Bonchev–Trinajstić information content (AvgIpc) is 2.86. The number of aryl methyl sites for hydroxylation is 1. The molecule has 1 N–H and O–H groups in total. The molecule has 0 radical (unpaired) electrons. The molecule has 108 valence electrons. The lowest BCUT2D eigenvalue weighted by Crippen LogP contribution is -2.33. The standard InChI is InChI=1S/C14H26N4O/c1-17-8-4-13(5-9-17)12-16-14-15-6-10-18(14)7-3-11-19-2/h6,10,13H,3-5,7-9,11-12H2,1-2H3,(H,15,16). The number of nitrogens with one attached hydrogen (secondary N) is 1. The normalized spacial score (nSPS) is 17.8. The summed E-state index contributed by atoms with van der Waals surface area (Å²) in [6, 6.07) is 0. The van der Waals surface area contributed by atoms with Crippen LogP contribution >= 0.6 is 0 Å². The lowest BCUT2D eigenvalue weighted by molar-refractivity contribution is 0.190. The van der Waals surface area contributed by atoms with Crippen molar-refractivity contribution in [1.82, 2.24) is 14.5 Å². The molecule has 0 spiro atoms. The zero-order valence-corrected chi connectivity index (χ0v) is 12.1. The fourth-order valence-corrected chi connectivity index (χ4v) is 2.54. The number of imidazole rings is 1. The van der Waals surface area contributed by atoms with Gasteiger partial charge in [-0.05, 0) is 45.3 Å². The maximum absolute atomic E-state index is 5.09. The highest BCUT2D eigenvalue weighted by Crippen LogP contribution is 2.16. The fourth-order valence-electron chi connectivity index (χ4n) is 2.54. The van der Waals surface area contributed by atoms with E-state index in [0.29, 0.717) is 0 Å². The predicted molar refractivity (Wildman–Crippen MR) is 77.4 cm³/mol. The van der Waals surface area contributed by atoms with Crippen molar-refractivity contribution in [2.45, 2.75) is 25.8 Å². The van der Waals surface area contributed by atoms with Crippen LogP contribution < -0.4 is 5.32 Å².